The molecule has 0 aromatic heterocycles. The van der Waals surface area contributed by atoms with Crippen molar-refractivity contribution in [1.29, 1.82) is 0 Å². The van der Waals surface area contributed by atoms with Gasteiger partial charge in [-0.2, -0.15) is 0 Å². The monoisotopic (exact) mass is 485 g/mol. The molecule has 0 spiro atoms. The minimum Gasteiger partial charge on any atom is -0.378 e. The number of halogens is 2. The van der Waals surface area contributed by atoms with Crippen molar-refractivity contribution in [3.05, 3.63) is 57.6 Å². The Balaban J connectivity index is 1.78. The van der Waals surface area contributed by atoms with Crippen molar-refractivity contribution < 1.29 is 17.9 Å². The molecule has 0 bridgehead atoms. The number of carbonyl (C=O) groups is 1. The Bertz CT molecular complexity index is 1050. The molecular weight excluding hydrogens is 461 g/mol. The molecule has 1 aliphatic heterocycles. The highest BCUT2D eigenvalue weighted by molar-refractivity contribution is 7.89. The average Bonchev–Trinajstić information content (AvgIpc) is 2.74. The van der Waals surface area contributed by atoms with Crippen LogP contribution in [0, 0.1) is 0 Å². The zero-order valence-electron chi connectivity index (χ0n) is 17.6. The predicted octanol–water partition coefficient (Wildman–Crippen LogP) is 3.57. The van der Waals surface area contributed by atoms with Crippen LogP contribution in [-0.2, 0) is 14.8 Å². The van der Waals surface area contributed by atoms with E-state index in [1.54, 1.807) is 0 Å². The van der Waals surface area contributed by atoms with Crippen LogP contribution < -0.4 is 10.2 Å². The van der Waals surface area contributed by atoms with E-state index in [9.17, 15) is 13.2 Å². The summed E-state index contributed by atoms with van der Waals surface area (Å²) < 4.78 is 31.4. The fraction of sp³-hybridized carbons (Fsp3) is 0.381. The van der Waals surface area contributed by atoms with Crippen molar-refractivity contribution in [3.63, 3.8) is 0 Å². The zero-order valence-corrected chi connectivity index (χ0v) is 19.9. The molecule has 0 saturated carbocycles. The molecule has 0 aliphatic carbocycles. The van der Waals surface area contributed by atoms with Gasteiger partial charge >= 0.3 is 0 Å². The molecular formula is C21H25Cl2N3O4S. The van der Waals surface area contributed by atoms with Crippen LogP contribution in [0.2, 0.25) is 10.0 Å². The molecule has 1 N–H and O–H groups in total. The number of carbonyl (C=O) groups excluding carboxylic acids is 1. The van der Waals surface area contributed by atoms with Crippen molar-refractivity contribution in [2.24, 2.45) is 0 Å². The Morgan fingerprint density at radius 3 is 2.29 bits per heavy atom. The third kappa shape index (κ3) is 5.32. The largest absolute Gasteiger partial charge is 0.378 e. The summed E-state index contributed by atoms with van der Waals surface area (Å²) in [5, 5.41) is 2.91. The summed E-state index contributed by atoms with van der Waals surface area (Å²) >= 11 is 12.3. The van der Waals surface area contributed by atoms with Gasteiger partial charge in [-0.15, -0.1) is 0 Å². The van der Waals surface area contributed by atoms with Gasteiger partial charge in [0.05, 0.1) is 34.9 Å². The van der Waals surface area contributed by atoms with Gasteiger partial charge in [0.25, 0.3) is 5.91 Å². The Morgan fingerprint density at radius 2 is 1.71 bits per heavy atom. The Labute approximate surface area is 192 Å². The van der Waals surface area contributed by atoms with Crippen LogP contribution in [0.3, 0.4) is 0 Å². The molecule has 0 unspecified atom stereocenters. The first-order valence-corrected chi connectivity index (χ1v) is 12.0. The average molecular weight is 486 g/mol. The van der Waals surface area contributed by atoms with Gasteiger partial charge in [0, 0.05) is 32.9 Å². The molecule has 2 aromatic rings. The van der Waals surface area contributed by atoms with Crippen LogP contribution >= 0.6 is 23.2 Å². The normalized spacial score (nSPS) is 15.7. The van der Waals surface area contributed by atoms with Crippen molar-refractivity contribution >= 4 is 44.8 Å². The van der Waals surface area contributed by atoms with Gasteiger partial charge < -0.3 is 15.0 Å². The number of benzene rings is 2. The quantitative estimate of drug-likeness (QED) is 0.676. The number of amides is 1. The highest BCUT2D eigenvalue weighted by atomic mass is 35.5. The number of hydrogen-bond acceptors (Lipinski definition) is 5. The molecule has 0 radical (unpaired) electrons. The number of rotatable bonds is 6. The Kier molecular flexibility index (Phi) is 7.49. The molecule has 1 aliphatic rings. The van der Waals surface area contributed by atoms with E-state index in [4.69, 9.17) is 27.9 Å². The maximum atomic E-state index is 12.9. The van der Waals surface area contributed by atoms with Crippen LogP contribution in [0.25, 0.3) is 0 Å². The number of nitrogens with zero attached hydrogens (tertiary/aromatic N) is 2. The molecule has 7 nitrogen and oxygen atoms in total. The van der Waals surface area contributed by atoms with Gasteiger partial charge in [0.2, 0.25) is 10.0 Å². The number of ether oxygens (including phenoxy) is 1. The highest BCUT2D eigenvalue weighted by Gasteiger charge is 2.25. The lowest BCUT2D eigenvalue weighted by molar-refractivity contribution is 0.0940. The molecule has 2 aromatic carbocycles. The summed E-state index contributed by atoms with van der Waals surface area (Å²) in [6.45, 7) is 4.96. The van der Waals surface area contributed by atoms with Crippen molar-refractivity contribution in [2.75, 3.05) is 45.3 Å². The Morgan fingerprint density at radius 1 is 1.10 bits per heavy atom. The van der Waals surface area contributed by atoms with E-state index < -0.39 is 15.9 Å². The summed E-state index contributed by atoms with van der Waals surface area (Å²) in [5.41, 5.74) is 2.06. The molecule has 31 heavy (non-hydrogen) atoms. The smallest absolute Gasteiger partial charge is 0.253 e. The lowest BCUT2D eigenvalue weighted by Crippen LogP contribution is -2.36. The van der Waals surface area contributed by atoms with E-state index in [1.807, 2.05) is 31.2 Å². The second-order valence-corrected chi connectivity index (χ2v) is 10.4. The lowest BCUT2D eigenvalue weighted by atomic mass is 10.1. The number of anilines is 1. The molecule has 168 valence electrons. The SMILES string of the molecule is C[C@@H](NC(=O)c1cc(S(=O)(=O)N(C)C)c(Cl)cc1Cl)c1ccc(N2CCOCC2)cc1. The van der Waals surface area contributed by atoms with Gasteiger partial charge in [-0.1, -0.05) is 35.3 Å². The van der Waals surface area contributed by atoms with Gasteiger partial charge in [-0.3, -0.25) is 4.79 Å². The third-order valence-electron chi connectivity index (χ3n) is 5.14. The highest BCUT2D eigenvalue weighted by Crippen LogP contribution is 2.30. The zero-order chi connectivity index (χ0) is 22.8. The van der Waals surface area contributed by atoms with E-state index in [-0.39, 0.29) is 26.5 Å². The van der Waals surface area contributed by atoms with Gasteiger partial charge in [0.1, 0.15) is 4.90 Å². The minimum absolute atomic E-state index is 0.0398. The standard InChI is InChI=1S/C21H25Cl2N3O4S/c1-14(15-4-6-16(7-5-15)26-8-10-30-11-9-26)24-21(27)17-12-20(19(23)13-18(17)22)31(28,29)25(2)3/h4-7,12-14H,8-11H2,1-3H3,(H,24,27)/t14-/m1/s1. The first-order valence-electron chi connectivity index (χ1n) is 9.76. The van der Waals surface area contributed by atoms with E-state index >= 15 is 0 Å². The topological polar surface area (TPSA) is 79.0 Å². The summed E-state index contributed by atoms with van der Waals surface area (Å²) in [4.78, 5) is 14.9. The number of nitrogens with one attached hydrogen (secondary N) is 1. The molecule has 1 saturated heterocycles. The predicted molar refractivity (Wildman–Crippen MR) is 123 cm³/mol. The minimum atomic E-state index is -3.83. The maximum absolute atomic E-state index is 12.9. The van der Waals surface area contributed by atoms with Crippen molar-refractivity contribution in [3.8, 4) is 0 Å². The van der Waals surface area contributed by atoms with Crippen molar-refractivity contribution in [1.82, 2.24) is 9.62 Å². The van der Waals surface area contributed by atoms with E-state index in [0.717, 1.165) is 28.6 Å². The molecule has 10 heteroatoms. The molecule has 1 fully saturated rings. The summed E-state index contributed by atoms with van der Waals surface area (Å²) in [6, 6.07) is 10.1. The number of hydrogen-bond donors (Lipinski definition) is 1. The van der Waals surface area contributed by atoms with E-state index in [0.29, 0.717) is 13.2 Å². The maximum Gasteiger partial charge on any atom is 0.253 e. The van der Waals surface area contributed by atoms with Crippen LogP contribution in [0.1, 0.15) is 28.9 Å². The number of morpholine rings is 1. The summed E-state index contributed by atoms with van der Waals surface area (Å²) in [7, 11) is -1.04. The Hall–Kier alpha value is -1.84. The van der Waals surface area contributed by atoms with Gasteiger partial charge in [0.15, 0.2) is 0 Å². The second kappa shape index (κ2) is 9.75. The van der Waals surface area contributed by atoms with Crippen LogP contribution in [0.4, 0.5) is 5.69 Å². The number of sulfonamides is 1. The molecule has 1 heterocycles. The first kappa shape index (κ1) is 23.8. The fourth-order valence-corrected chi connectivity index (χ4v) is 4.98. The van der Waals surface area contributed by atoms with Crippen molar-refractivity contribution in [2.45, 2.75) is 17.9 Å². The molecule has 1 amide bonds. The van der Waals surface area contributed by atoms with Gasteiger partial charge in [-0.05, 0) is 36.8 Å². The summed E-state index contributed by atoms with van der Waals surface area (Å²) in [6.07, 6.45) is 0. The van der Waals surface area contributed by atoms with Gasteiger partial charge in [-0.25, -0.2) is 12.7 Å². The summed E-state index contributed by atoms with van der Waals surface area (Å²) in [5.74, 6) is -0.485. The van der Waals surface area contributed by atoms with E-state index in [2.05, 4.69) is 10.2 Å². The second-order valence-electron chi connectivity index (χ2n) is 7.44. The van der Waals surface area contributed by atoms with Crippen LogP contribution in [0.15, 0.2) is 41.3 Å². The lowest BCUT2D eigenvalue weighted by Gasteiger charge is -2.29. The third-order valence-corrected chi connectivity index (χ3v) is 7.73. The van der Waals surface area contributed by atoms with Crippen LogP contribution in [0.5, 0.6) is 0 Å². The molecule has 3 rings (SSSR count). The fourth-order valence-electron chi connectivity index (χ4n) is 3.25. The first-order chi connectivity index (χ1) is 14.6. The van der Waals surface area contributed by atoms with E-state index in [1.165, 1.54) is 26.2 Å². The molecule has 1 atom stereocenters. The van der Waals surface area contributed by atoms with Crippen LogP contribution in [-0.4, -0.2) is 59.0 Å².